The molecule has 0 spiro atoms. The van der Waals surface area contributed by atoms with Gasteiger partial charge in [0.15, 0.2) is 0 Å². The van der Waals surface area contributed by atoms with Crippen molar-refractivity contribution in [2.75, 3.05) is 0 Å². The molecule has 2 aromatic rings. The second-order valence-electron chi connectivity index (χ2n) is 4.59. The van der Waals surface area contributed by atoms with Crippen molar-refractivity contribution < 1.29 is 9.63 Å². The third kappa shape index (κ3) is 4.69. The van der Waals surface area contributed by atoms with Crippen molar-refractivity contribution in [3.8, 4) is 0 Å². The first kappa shape index (κ1) is 14.0. The highest BCUT2D eigenvalue weighted by atomic mass is 16.7. The molecular formula is C17H17NO2. The highest BCUT2D eigenvalue weighted by Crippen LogP contribution is 2.04. The second-order valence-corrected chi connectivity index (χ2v) is 4.59. The summed E-state index contributed by atoms with van der Waals surface area (Å²) in [4.78, 5) is 16.4. The number of aryl methyl sites for hydroxylation is 2. The van der Waals surface area contributed by atoms with Crippen LogP contribution >= 0.6 is 0 Å². The van der Waals surface area contributed by atoms with Crippen LogP contribution < -0.4 is 0 Å². The SMILES string of the molecule is Cc1ccc(/C=N\OC(=O)CCc2ccccc2)cc1. The van der Waals surface area contributed by atoms with Crippen LogP contribution in [0.15, 0.2) is 59.8 Å². The van der Waals surface area contributed by atoms with Crippen LogP contribution in [-0.2, 0) is 16.1 Å². The van der Waals surface area contributed by atoms with Crippen molar-refractivity contribution in [1.29, 1.82) is 0 Å². The molecule has 0 aliphatic rings. The molecule has 0 saturated heterocycles. The highest BCUT2D eigenvalue weighted by Gasteiger charge is 2.02. The fourth-order valence-corrected chi connectivity index (χ4v) is 1.74. The highest BCUT2D eigenvalue weighted by molar-refractivity contribution is 5.80. The number of nitrogens with zero attached hydrogens (tertiary/aromatic N) is 1. The van der Waals surface area contributed by atoms with Crippen LogP contribution in [0.25, 0.3) is 0 Å². The van der Waals surface area contributed by atoms with Gasteiger partial charge in [0, 0.05) is 0 Å². The van der Waals surface area contributed by atoms with Crippen LogP contribution in [0, 0.1) is 6.92 Å². The van der Waals surface area contributed by atoms with Gasteiger partial charge in [-0.2, -0.15) is 0 Å². The Kier molecular flexibility index (Phi) is 5.07. The summed E-state index contributed by atoms with van der Waals surface area (Å²) in [6, 6.07) is 17.7. The summed E-state index contributed by atoms with van der Waals surface area (Å²) in [6.07, 6.45) is 2.54. The molecule has 0 saturated carbocycles. The third-order valence-corrected chi connectivity index (χ3v) is 2.89. The molecule has 0 aromatic heterocycles. The summed E-state index contributed by atoms with van der Waals surface area (Å²) in [7, 11) is 0. The first-order valence-electron chi connectivity index (χ1n) is 6.58. The van der Waals surface area contributed by atoms with Crippen molar-refractivity contribution in [2.45, 2.75) is 19.8 Å². The Balaban J connectivity index is 1.76. The van der Waals surface area contributed by atoms with E-state index in [0.717, 1.165) is 11.1 Å². The molecule has 0 aliphatic carbocycles. The number of oxime groups is 1. The van der Waals surface area contributed by atoms with E-state index in [4.69, 9.17) is 4.84 Å². The molecule has 0 bridgehead atoms. The van der Waals surface area contributed by atoms with Gasteiger partial charge in [-0.3, -0.25) is 0 Å². The van der Waals surface area contributed by atoms with Gasteiger partial charge in [-0.25, -0.2) is 4.79 Å². The van der Waals surface area contributed by atoms with Crippen LogP contribution in [-0.4, -0.2) is 12.2 Å². The molecule has 0 heterocycles. The number of carbonyl (C=O) groups excluding carboxylic acids is 1. The fourth-order valence-electron chi connectivity index (χ4n) is 1.74. The summed E-state index contributed by atoms with van der Waals surface area (Å²) in [6.45, 7) is 2.02. The lowest BCUT2D eigenvalue weighted by Gasteiger charge is -1.99. The van der Waals surface area contributed by atoms with Crippen LogP contribution in [0.2, 0.25) is 0 Å². The average molecular weight is 267 g/mol. The zero-order valence-corrected chi connectivity index (χ0v) is 11.5. The Labute approximate surface area is 118 Å². The maximum absolute atomic E-state index is 11.5. The first-order valence-corrected chi connectivity index (χ1v) is 6.58. The van der Waals surface area contributed by atoms with Gasteiger partial charge in [-0.1, -0.05) is 65.3 Å². The Morgan fingerprint density at radius 1 is 1.10 bits per heavy atom. The number of carbonyl (C=O) groups is 1. The van der Waals surface area contributed by atoms with Crippen LogP contribution in [0.1, 0.15) is 23.1 Å². The van der Waals surface area contributed by atoms with E-state index in [2.05, 4.69) is 5.16 Å². The lowest BCUT2D eigenvalue weighted by Crippen LogP contribution is -2.02. The maximum Gasteiger partial charge on any atom is 0.335 e. The molecule has 0 N–H and O–H groups in total. The van der Waals surface area contributed by atoms with E-state index < -0.39 is 0 Å². The third-order valence-electron chi connectivity index (χ3n) is 2.89. The average Bonchev–Trinajstić information content (AvgIpc) is 2.48. The van der Waals surface area contributed by atoms with Gasteiger partial charge in [-0.15, -0.1) is 0 Å². The van der Waals surface area contributed by atoms with Crippen LogP contribution in [0.5, 0.6) is 0 Å². The Morgan fingerprint density at radius 2 is 1.80 bits per heavy atom. The van der Waals surface area contributed by atoms with Gasteiger partial charge in [0.25, 0.3) is 0 Å². The molecule has 3 nitrogen and oxygen atoms in total. The molecule has 0 radical (unpaired) electrons. The number of hydrogen-bond acceptors (Lipinski definition) is 3. The lowest BCUT2D eigenvalue weighted by molar-refractivity contribution is -0.143. The van der Waals surface area contributed by atoms with E-state index in [1.165, 1.54) is 5.56 Å². The van der Waals surface area contributed by atoms with E-state index in [1.807, 2.05) is 61.5 Å². The fraction of sp³-hybridized carbons (Fsp3) is 0.176. The van der Waals surface area contributed by atoms with E-state index in [-0.39, 0.29) is 5.97 Å². The van der Waals surface area contributed by atoms with E-state index >= 15 is 0 Å². The minimum atomic E-state index is -0.322. The Bertz CT molecular complexity index is 574. The van der Waals surface area contributed by atoms with Crippen molar-refractivity contribution >= 4 is 12.2 Å². The molecule has 3 heteroatoms. The number of hydrogen-bond donors (Lipinski definition) is 0. The largest absolute Gasteiger partial charge is 0.335 e. The summed E-state index contributed by atoms with van der Waals surface area (Å²) in [5.41, 5.74) is 3.21. The number of benzene rings is 2. The summed E-state index contributed by atoms with van der Waals surface area (Å²) in [5.74, 6) is -0.322. The van der Waals surface area contributed by atoms with Gasteiger partial charge in [0.2, 0.25) is 0 Å². The van der Waals surface area contributed by atoms with Crippen molar-refractivity contribution in [3.63, 3.8) is 0 Å². The maximum atomic E-state index is 11.5. The minimum Gasteiger partial charge on any atom is -0.318 e. The van der Waals surface area contributed by atoms with Crippen molar-refractivity contribution in [1.82, 2.24) is 0 Å². The van der Waals surface area contributed by atoms with Crippen LogP contribution in [0.4, 0.5) is 0 Å². The summed E-state index contributed by atoms with van der Waals surface area (Å²) in [5, 5.41) is 3.71. The second kappa shape index (κ2) is 7.24. The molecular weight excluding hydrogens is 250 g/mol. The molecule has 102 valence electrons. The molecule has 2 aromatic carbocycles. The van der Waals surface area contributed by atoms with E-state index in [0.29, 0.717) is 12.8 Å². The van der Waals surface area contributed by atoms with Gasteiger partial charge >= 0.3 is 5.97 Å². The van der Waals surface area contributed by atoms with Crippen molar-refractivity contribution in [3.05, 3.63) is 71.3 Å². The van der Waals surface area contributed by atoms with Gasteiger partial charge in [0.1, 0.15) is 0 Å². The van der Waals surface area contributed by atoms with Crippen molar-refractivity contribution in [2.24, 2.45) is 5.16 Å². The number of rotatable bonds is 5. The summed E-state index contributed by atoms with van der Waals surface area (Å²) >= 11 is 0. The molecule has 0 amide bonds. The van der Waals surface area contributed by atoms with Gasteiger partial charge in [-0.05, 0) is 24.5 Å². The van der Waals surface area contributed by atoms with Crippen LogP contribution in [0.3, 0.4) is 0 Å². The summed E-state index contributed by atoms with van der Waals surface area (Å²) < 4.78 is 0. The molecule has 0 unspecified atom stereocenters. The standard InChI is InChI=1S/C17H17NO2/c1-14-7-9-16(10-8-14)13-18-20-17(19)12-11-15-5-3-2-4-6-15/h2-10,13H,11-12H2,1H3/b18-13-. The minimum absolute atomic E-state index is 0.322. The van der Waals surface area contributed by atoms with Gasteiger partial charge < -0.3 is 4.84 Å². The Morgan fingerprint density at radius 3 is 2.50 bits per heavy atom. The topological polar surface area (TPSA) is 38.7 Å². The molecule has 0 aliphatic heterocycles. The predicted molar refractivity (Wildman–Crippen MR) is 79.6 cm³/mol. The zero-order chi connectivity index (χ0) is 14.2. The van der Waals surface area contributed by atoms with E-state index in [1.54, 1.807) is 6.21 Å². The van der Waals surface area contributed by atoms with E-state index in [9.17, 15) is 4.79 Å². The predicted octanol–water partition coefficient (Wildman–Crippen LogP) is 3.50. The Hall–Kier alpha value is -2.42. The lowest BCUT2D eigenvalue weighted by atomic mass is 10.1. The first-order chi connectivity index (χ1) is 9.74. The normalized spacial score (nSPS) is 10.7. The molecule has 2 rings (SSSR count). The smallest absolute Gasteiger partial charge is 0.318 e. The quantitative estimate of drug-likeness (QED) is 0.472. The monoisotopic (exact) mass is 267 g/mol. The van der Waals surface area contributed by atoms with Gasteiger partial charge in [0.05, 0.1) is 12.6 Å². The molecule has 0 fully saturated rings. The molecule has 0 atom stereocenters. The zero-order valence-electron chi connectivity index (χ0n) is 11.5. The molecule has 20 heavy (non-hydrogen) atoms.